The van der Waals surface area contributed by atoms with Gasteiger partial charge in [-0.15, -0.1) is 0 Å². The molecule has 1 aromatic carbocycles. The van der Waals surface area contributed by atoms with Crippen LogP contribution < -0.4 is 5.32 Å². The number of carbonyl (C=O) groups excluding carboxylic acids is 1. The van der Waals surface area contributed by atoms with Crippen LogP contribution in [0.4, 0.5) is 5.69 Å². The molecule has 0 amide bonds. The van der Waals surface area contributed by atoms with Crippen LogP contribution >= 0.6 is 0 Å². The third kappa shape index (κ3) is 3.48. The number of nitrogens with one attached hydrogen (secondary N) is 1. The minimum atomic E-state index is -0.676. The topological polar surface area (TPSA) is 53.9 Å². The number of Topliss-reactive ketones (excluding diaryl/α,β-unsaturated/α-hetero) is 1. The fourth-order valence-corrected chi connectivity index (χ4v) is 5.16. The van der Waals surface area contributed by atoms with Crippen molar-refractivity contribution in [2.45, 2.75) is 76.1 Å². The van der Waals surface area contributed by atoms with E-state index in [1.165, 1.54) is 32.1 Å². The summed E-state index contributed by atoms with van der Waals surface area (Å²) < 4.78 is 0. The largest absolute Gasteiger partial charge is 0.310 e. The van der Waals surface area contributed by atoms with Crippen LogP contribution in [-0.2, 0) is 15.2 Å². The number of rotatable bonds is 6. The quantitative estimate of drug-likeness (QED) is 0.830. The van der Waals surface area contributed by atoms with Gasteiger partial charge in [-0.1, -0.05) is 31.5 Å². The molecule has 2 saturated heterocycles. The standard InChI is InChI=1S/C22H31N3O2/c1-15-11-17-7-6-8-18(12-15)25(17)27-22(13-21(23-3)16(2)26)14-24-20-10-5-4-9-19(20)22/h4-5,9-10,14-15,17-18,21,23H,6-8,11-13H2,1-3H3/t15?,17?,18?,21-,22?/m0/s1. The Morgan fingerprint density at radius 2 is 2.04 bits per heavy atom. The lowest BCUT2D eigenvalue weighted by Gasteiger charge is -2.50. The molecule has 2 bridgehead atoms. The van der Waals surface area contributed by atoms with Gasteiger partial charge in [-0.3, -0.25) is 14.6 Å². The van der Waals surface area contributed by atoms with E-state index < -0.39 is 5.60 Å². The molecule has 0 aliphatic carbocycles. The average Bonchev–Trinajstić information content (AvgIpc) is 2.99. The maximum atomic E-state index is 12.2. The number of carbonyl (C=O) groups is 1. The first-order chi connectivity index (χ1) is 13.0. The second-order valence-electron chi connectivity index (χ2n) is 8.59. The summed E-state index contributed by atoms with van der Waals surface area (Å²) in [6.45, 7) is 4.00. The van der Waals surface area contributed by atoms with Gasteiger partial charge in [0.05, 0.1) is 11.7 Å². The van der Waals surface area contributed by atoms with Crippen LogP contribution in [0.25, 0.3) is 0 Å². The van der Waals surface area contributed by atoms with E-state index in [-0.39, 0.29) is 11.8 Å². The summed E-state index contributed by atoms with van der Waals surface area (Å²) >= 11 is 0. The third-order valence-electron chi connectivity index (χ3n) is 6.53. The summed E-state index contributed by atoms with van der Waals surface area (Å²) in [6.07, 6.45) is 8.53. The second kappa shape index (κ2) is 7.46. The SMILES string of the molecule is CN[C@@H](CC1(ON2C3CCCC2CC(C)C3)C=Nc2ccccc21)C(C)=O. The summed E-state index contributed by atoms with van der Waals surface area (Å²) in [7, 11) is 1.84. The van der Waals surface area contributed by atoms with E-state index in [2.05, 4.69) is 28.4 Å². The molecule has 1 N–H and O–H groups in total. The molecule has 0 aromatic heterocycles. The van der Waals surface area contributed by atoms with E-state index in [9.17, 15) is 4.79 Å². The molecule has 4 atom stereocenters. The Morgan fingerprint density at radius 3 is 2.70 bits per heavy atom. The number of piperidine rings is 2. The average molecular weight is 370 g/mol. The molecule has 5 heteroatoms. The van der Waals surface area contributed by atoms with Crippen LogP contribution in [0.2, 0.25) is 0 Å². The normalized spacial score (nSPS) is 33.7. The number of likely N-dealkylation sites (N-methyl/N-ethyl adjacent to an activating group) is 1. The van der Waals surface area contributed by atoms with Gasteiger partial charge in [0, 0.05) is 30.3 Å². The highest BCUT2D eigenvalue weighted by atomic mass is 16.7. The molecule has 2 fully saturated rings. The van der Waals surface area contributed by atoms with Gasteiger partial charge in [0.1, 0.15) is 5.78 Å². The summed E-state index contributed by atoms with van der Waals surface area (Å²) in [5.41, 5.74) is 1.35. The van der Waals surface area contributed by atoms with Crippen molar-refractivity contribution < 1.29 is 9.63 Å². The van der Waals surface area contributed by atoms with Crippen molar-refractivity contribution in [1.82, 2.24) is 10.4 Å². The maximum absolute atomic E-state index is 12.2. The molecule has 0 radical (unpaired) electrons. The van der Waals surface area contributed by atoms with Crippen molar-refractivity contribution in [1.29, 1.82) is 0 Å². The molecule has 3 aliphatic heterocycles. The Kier molecular flexibility index (Phi) is 5.19. The van der Waals surface area contributed by atoms with Crippen molar-refractivity contribution in [3.63, 3.8) is 0 Å². The van der Waals surface area contributed by atoms with Gasteiger partial charge in [0.25, 0.3) is 0 Å². The van der Waals surface area contributed by atoms with Gasteiger partial charge in [-0.25, -0.2) is 0 Å². The van der Waals surface area contributed by atoms with Crippen molar-refractivity contribution in [3.05, 3.63) is 29.8 Å². The van der Waals surface area contributed by atoms with Crippen LogP contribution in [-0.4, -0.2) is 42.2 Å². The van der Waals surface area contributed by atoms with Gasteiger partial charge in [-0.05, 0) is 51.6 Å². The molecule has 0 saturated carbocycles. The van der Waals surface area contributed by atoms with E-state index >= 15 is 0 Å². The van der Waals surface area contributed by atoms with Gasteiger partial charge in [0.2, 0.25) is 0 Å². The predicted octanol–water partition coefficient (Wildman–Crippen LogP) is 3.75. The molecule has 3 aliphatic rings. The number of nitrogens with zero attached hydrogens (tertiary/aromatic N) is 2. The Labute approximate surface area is 162 Å². The molecule has 27 heavy (non-hydrogen) atoms. The second-order valence-corrected chi connectivity index (χ2v) is 8.59. The zero-order valence-electron chi connectivity index (χ0n) is 16.6. The Morgan fingerprint density at radius 1 is 1.33 bits per heavy atom. The number of benzene rings is 1. The van der Waals surface area contributed by atoms with Gasteiger partial charge < -0.3 is 5.32 Å². The predicted molar refractivity (Wildman–Crippen MR) is 107 cm³/mol. The lowest BCUT2D eigenvalue weighted by molar-refractivity contribution is -0.293. The first-order valence-electron chi connectivity index (χ1n) is 10.3. The highest BCUT2D eigenvalue weighted by Crippen LogP contribution is 2.45. The summed E-state index contributed by atoms with van der Waals surface area (Å²) in [4.78, 5) is 23.7. The van der Waals surface area contributed by atoms with E-state index in [0.29, 0.717) is 18.5 Å². The number of hydroxylamine groups is 2. The lowest BCUT2D eigenvalue weighted by atomic mass is 9.80. The number of hydrogen-bond acceptors (Lipinski definition) is 5. The fourth-order valence-electron chi connectivity index (χ4n) is 5.16. The first-order valence-corrected chi connectivity index (χ1v) is 10.3. The van der Waals surface area contributed by atoms with E-state index in [1.54, 1.807) is 6.92 Å². The molecule has 0 spiro atoms. The van der Waals surface area contributed by atoms with Crippen LogP contribution in [0.1, 0.15) is 57.9 Å². The van der Waals surface area contributed by atoms with Gasteiger partial charge in [-0.2, -0.15) is 5.06 Å². The number of aliphatic imine (C=N–C) groups is 1. The number of ketones is 1. The zero-order valence-corrected chi connectivity index (χ0v) is 16.6. The van der Waals surface area contributed by atoms with Crippen molar-refractivity contribution in [2.24, 2.45) is 10.9 Å². The lowest BCUT2D eigenvalue weighted by Crippen LogP contribution is -2.56. The Hall–Kier alpha value is -1.56. The van der Waals surface area contributed by atoms with Crippen LogP contribution in [0.5, 0.6) is 0 Å². The third-order valence-corrected chi connectivity index (χ3v) is 6.53. The Bertz CT molecular complexity index is 720. The van der Waals surface area contributed by atoms with Crippen LogP contribution in [0.3, 0.4) is 0 Å². The van der Waals surface area contributed by atoms with Gasteiger partial charge in [0.15, 0.2) is 5.60 Å². The van der Waals surface area contributed by atoms with Crippen LogP contribution in [0, 0.1) is 5.92 Å². The molecule has 5 nitrogen and oxygen atoms in total. The van der Waals surface area contributed by atoms with E-state index in [0.717, 1.165) is 17.2 Å². The summed E-state index contributed by atoms with van der Waals surface area (Å²) in [6, 6.07) is 8.84. The zero-order chi connectivity index (χ0) is 19.0. The highest BCUT2D eigenvalue weighted by Gasteiger charge is 2.47. The smallest absolute Gasteiger partial charge is 0.154 e. The first kappa shape index (κ1) is 18.8. The van der Waals surface area contributed by atoms with Crippen molar-refractivity contribution >= 4 is 17.7 Å². The summed E-state index contributed by atoms with van der Waals surface area (Å²) in [5, 5.41) is 5.45. The van der Waals surface area contributed by atoms with Crippen molar-refractivity contribution in [3.8, 4) is 0 Å². The minimum Gasteiger partial charge on any atom is -0.310 e. The molecule has 3 heterocycles. The maximum Gasteiger partial charge on any atom is 0.154 e. The number of para-hydroxylation sites is 1. The number of fused-ring (bicyclic) bond motifs is 3. The highest BCUT2D eigenvalue weighted by molar-refractivity contribution is 5.86. The Balaban J connectivity index is 1.68. The summed E-state index contributed by atoms with van der Waals surface area (Å²) in [5.74, 6) is 0.883. The molecule has 146 valence electrons. The van der Waals surface area contributed by atoms with E-state index in [1.807, 2.05) is 31.5 Å². The molecule has 4 rings (SSSR count). The molecular formula is C22H31N3O2. The van der Waals surface area contributed by atoms with Crippen molar-refractivity contribution in [2.75, 3.05) is 7.05 Å². The monoisotopic (exact) mass is 369 g/mol. The molecular weight excluding hydrogens is 338 g/mol. The fraction of sp³-hybridized carbons (Fsp3) is 0.636. The molecule has 1 aromatic rings. The molecule has 3 unspecified atom stereocenters. The van der Waals surface area contributed by atoms with Gasteiger partial charge >= 0.3 is 0 Å². The minimum absolute atomic E-state index is 0.130. The van der Waals surface area contributed by atoms with Crippen LogP contribution in [0.15, 0.2) is 29.3 Å². The van der Waals surface area contributed by atoms with E-state index in [4.69, 9.17) is 4.84 Å². The number of hydrogen-bond donors (Lipinski definition) is 1.